The summed E-state index contributed by atoms with van der Waals surface area (Å²) >= 11 is 0. The summed E-state index contributed by atoms with van der Waals surface area (Å²) in [6, 6.07) is 9.33. The first-order valence-electron chi connectivity index (χ1n) is 7.33. The van der Waals surface area contributed by atoms with Gasteiger partial charge in [0.25, 0.3) is 0 Å². The first kappa shape index (κ1) is 16.5. The number of benzene rings is 1. The number of nitrogens with two attached hydrogens (primary N) is 1. The number of unbranched alkanes of at least 4 members (excludes halogenated alkanes) is 1. The summed E-state index contributed by atoms with van der Waals surface area (Å²) < 4.78 is 5.59. The van der Waals surface area contributed by atoms with Gasteiger partial charge in [-0.25, -0.2) is 0 Å². The highest BCUT2D eigenvalue weighted by Crippen LogP contribution is 2.08. The molecule has 4 nitrogen and oxygen atoms in total. The molecule has 4 heteroatoms. The minimum absolute atomic E-state index is 0.0261. The van der Waals surface area contributed by atoms with E-state index in [-0.39, 0.29) is 11.9 Å². The second kappa shape index (κ2) is 9.37. The summed E-state index contributed by atoms with van der Waals surface area (Å²) in [6.07, 6.45) is 3.63. The molecule has 1 amide bonds. The monoisotopic (exact) mass is 278 g/mol. The zero-order valence-corrected chi connectivity index (χ0v) is 12.5. The number of hydrogen-bond donors (Lipinski definition) is 1. The van der Waals surface area contributed by atoms with E-state index in [2.05, 4.69) is 6.92 Å². The van der Waals surface area contributed by atoms with Crippen molar-refractivity contribution in [3.63, 3.8) is 0 Å². The number of amides is 1. The number of para-hydroxylation sites is 1. The lowest BCUT2D eigenvalue weighted by Gasteiger charge is -2.21. The third kappa shape index (κ3) is 6.06. The molecular weight excluding hydrogens is 252 g/mol. The molecule has 1 atom stereocenters. The largest absolute Gasteiger partial charge is 0.494 e. The maximum atomic E-state index is 12.0. The average molecular weight is 278 g/mol. The van der Waals surface area contributed by atoms with Crippen LogP contribution in [0.4, 0.5) is 0 Å². The molecule has 0 radical (unpaired) electrons. The third-order valence-electron chi connectivity index (χ3n) is 3.21. The number of nitrogens with zero attached hydrogens (tertiary/aromatic N) is 1. The summed E-state index contributed by atoms with van der Waals surface area (Å²) in [5, 5.41) is 0. The summed E-state index contributed by atoms with van der Waals surface area (Å²) in [7, 11) is 1.80. The standard InChI is InChI=1S/C16H26N2O2/c1-3-4-11-15(17)16(19)18(2)12-8-13-20-14-9-6-5-7-10-14/h5-7,9-10,15H,3-4,8,11-13,17H2,1-2H3/t15-/m0/s1. The van der Waals surface area contributed by atoms with Crippen LogP contribution in [0.1, 0.15) is 32.6 Å². The molecule has 2 N–H and O–H groups in total. The number of rotatable bonds is 9. The van der Waals surface area contributed by atoms with E-state index in [1.54, 1.807) is 11.9 Å². The van der Waals surface area contributed by atoms with E-state index < -0.39 is 0 Å². The van der Waals surface area contributed by atoms with E-state index in [1.807, 2.05) is 30.3 Å². The van der Waals surface area contributed by atoms with E-state index in [0.29, 0.717) is 13.2 Å². The van der Waals surface area contributed by atoms with E-state index in [0.717, 1.165) is 31.4 Å². The SMILES string of the molecule is CCCC[C@H](N)C(=O)N(C)CCCOc1ccccc1. The van der Waals surface area contributed by atoms with Gasteiger partial charge in [-0.3, -0.25) is 4.79 Å². The molecule has 0 aliphatic heterocycles. The van der Waals surface area contributed by atoms with Crippen LogP contribution in [0.5, 0.6) is 5.75 Å². The molecule has 1 rings (SSSR count). The molecule has 0 unspecified atom stereocenters. The van der Waals surface area contributed by atoms with E-state index in [9.17, 15) is 4.79 Å². The quantitative estimate of drug-likeness (QED) is 0.706. The van der Waals surface area contributed by atoms with Gasteiger partial charge >= 0.3 is 0 Å². The minimum atomic E-state index is -0.366. The zero-order chi connectivity index (χ0) is 14.8. The number of ether oxygens (including phenoxy) is 1. The average Bonchev–Trinajstić information content (AvgIpc) is 2.49. The third-order valence-corrected chi connectivity index (χ3v) is 3.21. The molecule has 0 aromatic heterocycles. The Kier molecular flexibility index (Phi) is 7.73. The van der Waals surface area contributed by atoms with Crippen LogP contribution in [0.3, 0.4) is 0 Å². The van der Waals surface area contributed by atoms with E-state index in [1.165, 1.54) is 0 Å². The Labute approximate surface area is 121 Å². The van der Waals surface area contributed by atoms with Crippen molar-refractivity contribution in [2.24, 2.45) is 5.73 Å². The van der Waals surface area contributed by atoms with Crippen molar-refractivity contribution in [2.45, 2.75) is 38.6 Å². The lowest BCUT2D eigenvalue weighted by molar-refractivity contribution is -0.131. The van der Waals surface area contributed by atoms with Crippen molar-refractivity contribution >= 4 is 5.91 Å². The van der Waals surface area contributed by atoms with Gasteiger partial charge in [-0.15, -0.1) is 0 Å². The second-order valence-corrected chi connectivity index (χ2v) is 5.02. The molecule has 0 fully saturated rings. The lowest BCUT2D eigenvalue weighted by Crippen LogP contribution is -2.42. The Bertz CT molecular complexity index is 381. The van der Waals surface area contributed by atoms with Gasteiger partial charge in [0.15, 0.2) is 0 Å². The van der Waals surface area contributed by atoms with Gasteiger partial charge < -0.3 is 15.4 Å². The Morgan fingerprint density at radius 3 is 2.65 bits per heavy atom. The molecule has 0 aliphatic rings. The maximum absolute atomic E-state index is 12.0. The fraction of sp³-hybridized carbons (Fsp3) is 0.562. The molecule has 0 heterocycles. The molecule has 0 saturated heterocycles. The molecule has 0 spiro atoms. The highest BCUT2D eigenvalue weighted by atomic mass is 16.5. The summed E-state index contributed by atoms with van der Waals surface area (Å²) in [4.78, 5) is 13.7. The zero-order valence-electron chi connectivity index (χ0n) is 12.5. The number of carbonyl (C=O) groups is 1. The highest BCUT2D eigenvalue weighted by molar-refractivity contribution is 5.81. The summed E-state index contributed by atoms with van der Waals surface area (Å²) in [5.74, 6) is 0.888. The van der Waals surface area contributed by atoms with Crippen molar-refractivity contribution in [2.75, 3.05) is 20.2 Å². The predicted octanol–water partition coefficient (Wildman–Crippen LogP) is 2.43. The van der Waals surface area contributed by atoms with Gasteiger partial charge in [-0.2, -0.15) is 0 Å². The van der Waals surface area contributed by atoms with Gasteiger partial charge in [-0.05, 0) is 25.0 Å². The first-order valence-corrected chi connectivity index (χ1v) is 7.33. The fourth-order valence-corrected chi connectivity index (χ4v) is 1.95. The van der Waals surface area contributed by atoms with Crippen LogP contribution >= 0.6 is 0 Å². The van der Waals surface area contributed by atoms with Crippen LogP contribution in [0, 0.1) is 0 Å². The number of hydrogen-bond acceptors (Lipinski definition) is 3. The van der Waals surface area contributed by atoms with Gasteiger partial charge in [0.2, 0.25) is 5.91 Å². The van der Waals surface area contributed by atoms with Gasteiger partial charge in [0, 0.05) is 13.6 Å². The van der Waals surface area contributed by atoms with Gasteiger partial charge in [0.1, 0.15) is 5.75 Å². The molecule has 0 aliphatic carbocycles. The smallest absolute Gasteiger partial charge is 0.239 e. The highest BCUT2D eigenvalue weighted by Gasteiger charge is 2.16. The lowest BCUT2D eigenvalue weighted by atomic mass is 10.1. The summed E-state index contributed by atoms with van der Waals surface area (Å²) in [6.45, 7) is 3.37. The first-order chi connectivity index (χ1) is 9.65. The van der Waals surface area contributed by atoms with Crippen molar-refractivity contribution in [3.05, 3.63) is 30.3 Å². The van der Waals surface area contributed by atoms with E-state index >= 15 is 0 Å². The van der Waals surface area contributed by atoms with Crippen molar-refractivity contribution < 1.29 is 9.53 Å². The predicted molar refractivity (Wildman–Crippen MR) is 81.7 cm³/mol. The Morgan fingerprint density at radius 2 is 2.00 bits per heavy atom. The van der Waals surface area contributed by atoms with E-state index in [4.69, 9.17) is 10.5 Å². The van der Waals surface area contributed by atoms with Gasteiger partial charge in [-0.1, -0.05) is 38.0 Å². The Morgan fingerprint density at radius 1 is 1.30 bits per heavy atom. The number of likely N-dealkylation sites (N-methyl/N-ethyl adjacent to an activating group) is 1. The van der Waals surface area contributed by atoms with Crippen molar-refractivity contribution in [1.82, 2.24) is 4.90 Å². The van der Waals surface area contributed by atoms with Crippen LogP contribution in [0.2, 0.25) is 0 Å². The molecule has 20 heavy (non-hydrogen) atoms. The van der Waals surface area contributed by atoms with Crippen LogP contribution in [0.15, 0.2) is 30.3 Å². The molecule has 1 aromatic rings. The molecule has 1 aromatic carbocycles. The molecule has 0 saturated carbocycles. The fourth-order valence-electron chi connectivity index (χ4n) is 1.95. The van der Waals surface area contributed by atoms with Crippen molar-refractivity contribution in [1.29, 1.82) is 0 Å². The second-order valence-electron chi connectivity index (χ2n) is 5.02. The number of carbonyl (C=O) groups excluding carboxylic acids is 1. The molecule has 112 valence electrons. The molecule has 0 bridgehead atoms. The van der Waals surface area contributed by atoms with Crippen LogP contribution in [-0.2, 0) is 4.79 Å². The Hall–Kier alpha value is -1.55. The normalized spacial score (nSPS) is 11.9. The maximum Gasteiger partial charge on any atom is 0.239 e. The Balaban J connectivity index is 2.19. The van der Waals surface area contributed by atoms with Crippen LogP contribution < -0.4 is 10.5 Å². The summed E-state index contributed by atoms with van der Waals surface area (Å²) in [5.41, 5.74) is 5.88. The topological polar surface area (TPSA) is 55.6 Å². The molecular formula is C16H26N2O2. The van der Waals surface area contributed by atoms with Crippen molar-refractivity contribution in [3.8, 4) is 5.75 Å². The minimum Gasteiger partial charge on any atom is -0.494 e. The van der Waals surface area contributed by atoms with Crippen LogP contribution in [-0.4, -0.2) is 37.0 Å². The van der Waals surface area contributed by atoms with Crippen LogP contribution in [0.25, 0.3) is 0 Å². The van der Waals surface area contributed by atoms with Gasteiger partial charge in [0.05, 0.1) is 12.6 Å².